The SMILES string of the molecule is C=C(c1ccc(Cn2c(O)ccc2O)cn1)c1cc2c(cc1C)C(C)(C)C=CC2(C)C. The van der Waals surface area contributed by atoms with Crippen LogP contribution in [-0.2, 0) is 17.4 Å². The monoisotopic (exact) mass is 414 g/mol. The highest BCUT2D eigenvalue weighted by Crippen LogP contribution is 2.43. The van der Waals surface area contributed by atoms with Crippen LogP contribution in [0.25, 0.3) is 5.57 Å². The maximum absolute atomic E-state index is 9.85. The van der Waals surface area contributed by atoms with Gasteiger partial charge in [-0.2, -0.15) is 0 Å². The van der Waals surface area contributed by atoms with Crippen LogP contribution in [0.5, 0.6) is 11.8 Å². The first-order chi connectivity index (χ1) is 14.5. The molecule has 3 aromatic rings. The van der Waals surface area contributed by atoms with Crippen molar-refractivity contribution < 1.29 is 10.2 Å². The first-order valence-corrected chi connectivity index (χ1v) is 10.6. The summed E-state index contributed by atoms with van der Waals surface area (Å²) in [6.45, 7) is 15.8. The fourth-order valence-corrected chi connectivity index (χ4v) is 4.32. The lowest BCUT2D eigenvalue weighted by Crippen LogP contribution is -2.29. The van der Waals surface area contributed by atoms with Gasteiger partial charge in [0.15, 0.2) is 11.8 Å². The molecule has 0 bridgehead atoms. The van der Waals surface area contributed by atoms with Crippen LogP contribution in [0.3, 0.4) is 0 Å². The standard InChI is InChI=1S/C27H30N2O2/c1-17-13-21-22(27(5,6)12-11-26(21,3)4)14-20(17)18(2)23-8-7-19(15-28-23)16-29-24(30)9-10-25(29)31/h7-15,30-31H,2,16H2,1,3-6H3. The second kappa shape index (κ2) is 7.16. The van der Waals surface area contributed by atoms with Crippen LogP contribution >= 0.6 is 0 Å². The van der Waals surface area contributed by atoms with Crippen LogP contribution in [0, 0.1) is 6.92 Å². The van der Waals surface area contributed by atoms with E-state index < -0.39 is 0 Å². The van der Waals surface area contributed by atoms with Gasteiger partial charge in [0.1, 0.15) is 0 Å². The Hall–Kier alpha value is -3.27. The third-order valence-corrected chi connectivity index (χ3v) is 6.40. The number of pyridine rings is 1. The molecular weight excluding hydrogens is 384 g/mol. The number of allylic oxidation sites excluding steroid dienone is 2. The van der Waals surface area contributed by atoms with Gasteiger partial charge in [-0.3, -0.25) is 9.55 Å². The molecule has 0 unspecified atom stereocenters. The molecule has 2 N–H and O–H groups in total. The molecule has 2 aromatic heterocycles. The number of hydrogen-bond donors (Lipinski definition) is 2. The molecule has 0 amide bonds. The molecule has 31 heavy (non-hydrogen) atoms. The van der Waals surface area contributed by atoms with E-state index in [1.165, 1.54) is 33.4 Å². The van der Waals surface area contributed by atoms with E-state index in [0.29, 0.717) is 6.54 Å². The Balaban J connectivity index is 1.66. The molecule has 0 fully saturated rings. The average molecular weight is 415 g/mol. The quantitative estimate of drug-likeness (QED) is 0.528. The van der Waals surface area contributed by atoms with Gasteiger partial charge in [0.25, 0.3) is 0 Å². The van der Waals surface area contributed by atoms with E-state index >= 15 is 0 Å². The predicted octanol–water partition coefficient (Wildman–Crippen LogP) is 5.84. The molecule has 0 atom stereocenters. The van der Waals surface area contributed by atoms with Gasteiger partial charge >= 0.3 is 0 Å². The molecule has 1 aliphatic rings. The summed E-state index contributed by atoms with van der Waals surface area (Å²) in [5.41, 5.74) is 7.55. The Morgan fingerprint density at radius 2 is 1.52 bits per heavy atom. The highest BCUT2D eigenvalue weighted by molar-refractivity contribution is 5.79. The summed E-state index contributed by atoms with van der Waals surface area (Å²) in [5, 5.41) is 19.7. The molecule has 1 aromatic carbocycles. The van der Waals surface area contributed by atoms with Crippen molar-refractivity contribution in [2.45, 2.75) is 52.0 Å². The second-order valence-corrected chi connectivity index (χ2v) is 9.66. The highest BCUT2D eigenvalue weighted by atomic mass is 16.3. The van der Waals surface area contributed by atoms with Crippen LogP contribution in [-0.4, -0.2) is 19.8 Å². The van der Waals surface area contributed by atoms with Crippen molar-refractivity contribution in [3.63, 3.8) is 0 Å². The third kappa shape index (κ3) is 3.67. The van der Waals surface area contributed by atoms with E-state index in [0.717, 1.165) is 22.4 Å². The van der Waals surface area contributed by atoms with Crippen molar-refractivity contribution >= 4 is 5.57 Å². The number of benzene rings is 1. The second-order valence-electron chi connectivity index (χ2n) is 9.66. The lowest BCUT2D eigenvalue weighted by Gasteiger charge is -2.37. The molecular formula is C27H30N2O2. The van der Waals surface area contributed by atoms with E-state index in [9.17, 15) is 10.2 Å². The molecule has 2 heterocycles. The van der Waals surface area contributed by atoms with E-state index in [4.69, 9.17) is 0 Å². The summed E-state index contributed by atoms with van der Waals surface area (Å²) in [5.74, 6) is 0.0468. The summed E-state index contributed by atoms with van der Waals surface area (Å²) in [6, 6.07) is 11.4. The largest absolute Gasteiger partial charge is 0.494 e. The maximum Gasteiger partial charge on any atom is 0.194 e. The van der Waals surface area contributed by atoms with Crippen molar-refractivity contribution in [1.82, 2.24) is 9.55 Å². The molecule has 0 radical (unpaired) electrons. The van der Waals surface area contributed by atoms with Crippen molar-refractivity contribution in [2.24, 2.45) is 0 Å². The Kier molecular flexibility index (Phi) is 4.84. The molecule has 1 aliphatic carbocycles. The molecule has 0 spiro atoms. The van der Waals surface area contributed by atoms with Crippen molar-refractivity contribution in [2.75, 3.05) is 0 Å². The Morgan fingerprint density at radius 3 is 2.06 bits per heavy atom. The number of aromatic hydroxyl groups is 2. The van der Waals surface area contributed by atoms with Crippen molar-refractivity contribution in [1.29, 1.82) is 0 Å². The molecule has 4 nitrogen and oxygen atoms in total. The molecule has 0 saturated carbocycles. The first kappa shape index (κ1) is 21.0. The number of aryl methyl sites for hydroxylation is 1. The van der Waals surface area contributed by atoms with E-state index in [2.05, 4.69) is 70.5 Å². The smallest absolute Gasteiger partial charge is 0.194 e. The topological polar surface area (TPSA) is 58.3 Å². The zero-order chi connectivity index (χ0) is 22.6. The van der Waals surface area contributed by atoms with Gasteiger partial charge in [0.2, 0.25) is 0 Å². The number of rotatable bonds is 4. The summed E-state index contributed by atoms with van der Waals surface area (Å²) in [4.78, 5) is 4.62. The number of fused-ring (bicyclic) bond motifs is 1. The minimum Gasteiger partial charge on any atom is -0.494 e. The van der Waals surface area contributed by atoms with E-state index in [1.54, 1.807) is 6.20 Å². The Bertz CT molecular complexity index is 1180. The number of aromatic nitrogens is 2. The van der Waals surface area contributed by atoms with Crippen molar-refractivity contribution in [3.8, 4) is 11.8 Å². The summed E-state index contributed by atoms with van der Waals surface area (Å²) >= 11 is 0. The van der Waals surface area contributed by atoms with E-state index in [-0.39, 0.29) is 22.6 Å². The zero-order valence-electron chi connectivity index (χ0n) is 18.9. The lowest BCUT2D eigenvalue weighted by atomic mass is 9.67. The zero-order valence-corrected chi connectivity index (χ0v) is 18.9. The van der Waals surface area contributed by atoms with E-state index in [1.807, 2.05) is 12.1 Å². The predicted molar refractivity (Wildman–Crippen MR) is 126 cm³/mol. The number of hydrogen-bond acceptors (Lipinski definition) is 3. The molecule has 4 heteroatoms. The van der Waals surface area contributed by atoms with Gasteiger partial charge in [-0.15, -0.1) is 0 Å². The normalized spacial score (nSPS) is 16.2. The van der Waals surface area contributed by atoms with Crippen molar-refractivity contribution in [3.05, 3.63) is 94.8 Å². The lowest BCUT2D eigenvalue weighted by molar-refractivity contribution is 0.377. The van der Waals surface area contributed by atoms with Gasteiger partial charge in [-0.1, -0.05) is 58.6 Å². The summed E-state index contributed by atoms with van der Waals surface area (Å²) in [6.07, 6.45) is 6.38. The number of nitrogens with zero attached hydrogens (tertiary/aromatic N) is 2. The van der Waals surface area contributed by atoms with Crippen LogP contribution < -0.4 is 0 Å². The molecule has 160 valence electrons. The van der Waals surface area contributed by atoms with Gasteiger partial charge in [-0.05, 0) is 46.9 Å². The highest BCUT2D eigenvalue weighted by Gasteiger charge is 2.33. The van der Waals surface area contributed by atoms with Crippen LogP contribution in [0.15, 0.2) is 61.3 Å². The van der Waals surface area contributed by atoms with Gasteiger partial charge in [0.05, 0.1) is 12.2 Å². The van der Waals surface area contributed by atoms with Crippen LogP contribution in [0.2, 0.25) is 0 Å². The fraction of sp³-hybridized carbons (Fsp3) is 0.296. The molecule has 0 aliphatic heterocycles. The Labute approximate surface area is 184 Å². The van der Waals surface area contributed by atoms with Gasteiger partial charge in [-0.25, -0.2) is 0 Å². The molecule has 4 rings (SSSR count). The van der Waals surface area contributed by atoms with Crippen LogP contribution in [0.4, 0.5) is 0 Å². The third-order valence-electron chi connectivity index (χ3n) is 6.40. The maximum atomic E-state index is 9.85. The van der Waals surface area contributed by atoms with Gasteiger partial charge < -0.3 is 10.2 Å². The minimum atomic E-state index is -0.0361. The average Bonchev–Trinajstić information content (AvgIpc) is 3.03. The van der Waals surface area contributed by atoms with Gasteiger partial charge in [0, 0.05) is 34.7 Å². The van der Waals surface area contributed by atoms with Crippen LogP contribution in [0.1, 0.15) is 61.2 Å². The molecule has 0 saturated heterocycles. The first-order valence-electron chi connectivity index (χ1n) is 10.6. The summed E-state index contributed by atoms with van der Waals surface area (Å²) in [7, 11) is 0. The fourth-order valence-electron chi connectivity index (χ4n) is 4.32. The Morgan fingerprint density at radius 1 is 0.935 bits per heavy atom. The minimum absolute atomic E-state index is 0.00492. The summed E-state index contributed by atoms with van der Waals surface area (Å²) < 4.78 is 1.43.